The lowest BCUT2D eigenvalue weighted by Gasteiger charge is -2.24. The van der Waals surface area contributed by atoms with Gasteiger partial charge in [-0.2, -0.15) is 0 Å². The number of carbonyl (C=O) groups excluding carboxylic acids is 3. The van der Waals surface area contributed by atoms with Gasteiger partial charge in [-0.05, 0) is 20.8 Å². The number of hydrogen-bond donors (Lipinski definition) is 2. The van der Waals surface area contributed by atoms with Crippen LogP contribution in [-0.2, 0) is 9.59 Å². The SMILES string of the molecule is CC(CO)N(C)C(=O)CCN1C(=O)NC(C)(C)C1=O. The second-order valence-electron chi connectivity index (χ2n) is 5.30. The van der Waals surface area contributed by atoms with Crippen molar-refractivity contribution in [2.24, 2.45) is 0 Å². The number of nitrogens with zero attached hydrogens (tertiary/aromatic N) is 2. The summed E-state index contributed by atoms with van der Waals surface area (Å²) < 4.78 is 0. The van der Waals surface area contributed by atoms with E-state index in [9.17, 15) is 14.4 Å². The number of aliphatic hydroxyl groups excluding tert-OH is 1. The Hall–Kier alpha value is -1.63. The topological polar surface area (TPSA) is 89.9 Å². The van der Waals surface area contributed by atoms with Crippen molar-refractivity contribution in [1.29, 1.82) is 0 Å². The van der Waals surface area contributed by atoms with E-state index in [0.717, 1.165) is 4.90 Å². The van der Waals surface area contributed by atoms with Crippen LogP contribution < -0.4 is 5.32 Å². The summed E-state index contributed by atoms with van der Waals surface area (Å²) in [5.74, 6) is -0.546. The molecule has 0 aromatic heterocycles. The smallest absolute Gasteiger partial charge is 0.325 e. The predicted octanol–water partition coefficient (Wildman–Crippen LogP) is -0.454. The highest BCUT2D eigenvalue weighted by molar-refractivity contribution is 6.06. The molecule has 0 aromatic carbocycles. The van der Waals surface area contributed by atoms with Gasteiger partial charge in [0, 0.05) is 20.0 Å². The molecule has 1 atom stereocenters. The second-order valence-corrected chi connectivity index (χ2v) is 5.30. The van der Waals surface area contributed by atoms with Crippen molar-refractivity contribution in [3.8, 4) is 0 Å². The molecular formula is C12H21N3O4. The molecule has 2 N–H and O–H groups in total. The molecule has 0 bridgehead atoms. The minimum atomic E-state index is -0.912. The first-order valence-corrected chi connectivity index (χ1v) is 6.21. The van der Waals surface area contributed by atoms with E-state index in [1.807, 2.05) is 0 Å². The first kappa shape index (κ1) is 15.4. The van der Waals surface area contributed by atoms with Crippen molar-refractivity contribution in [3.05, 3.63) is 0 Å². The molecule has 1 unspecified atom stereocenters. The van der Waals surface area contributed by atoms with E-state index in [0.29, 0.717) is 0 Å². The highest BCUT2D eigenvalue weighted by Crippen LogP contribution is 2.16. The minimum Gasteiger partial charge on any atom is -0.394 e. The number of rotatable bonds is 5. The molecule has 0 spiro atoms. The molecule has 7 nitrogen and oxygen atoms in total. The number of carbonyl (C=O) groups is 3. The molecule has 1 fully saturated rings. The predicted molar refractivity (Wildman–Crippen MR) is 68.3 cm³/mol. The van der Waals surface area contributed by atoms with Crippen molar-refractivity contribution in [3.63, 3.8) is 0 Å². The number of amides is 4. The quantitative estimate of drug-likeness (QED) is 0.662. The Morgan fingerprint density at radius 3 is 2.47 bits per heavy atom. The third-order valence-corrected chi connectivity index (χ3v) is 3.31. The average molecular weight is 271 g/mol. The number of hydrogen-bond acceptors (Lipinski definition) is 4. The summed E-state index contributed by atoms with van der Waals surface area (Å²) in [5, 5.41) is 11.5. The maximum atomic E-state index is 11.9. The number of likely N-dealkylation sites (N-methyl/N-ethyl adjacent to an activating group) is 1. The molecule has 0 aromatic rings. The van der Waals surface area contributed by atoms with Crippen LogP contribution in [0.2, 0.25) is 0 Å². The van der Waals surface area contributed by atoms with Gasteiger partial charge < -0.3 is 15.3 Å². The van der Waals surface area contributed by atoms with Gasteiger partial charge >= 0.3 is 6.03 Å². The van der Waals surface area contributed by atoms with E-state index in [4.69, 9.17) is 5.11 Å². The maximum Gasteiger partial charge on any atom is 0.325 e. The summed E-state index contributed by atoms with van der Waals surface area (Å²) in [6, 6.07) is -0.757. The van der Waals surface area contributed by atoms with Crippen LogP contribution in [0.1, 0.15) is 27.2 Å². The van der Waals surface area contributed by atoms with Gasteiger partial charge in [0.15, 0.2) is 0 Å². The Bertz CT molecular complexity index is 394. The van der Waals surface area contributed by atoms with Gasteiger partial charge in [-0.1, -0.05) is 0 Å². The summed E-state index contributed by atoms with van der Waals surface area (Å²) in [5.41, 5.74) is -0.912. The zero-order valence-electron chi connectivity index (χ0n) is 11.8. The van der Waals surface area contributed by atoms with Gasteiger partial charge in [0.25, 0.3) is 5.91 Å². The highest BCUT2D eigenvalue weighted by atomic mass is 16.3. The standard InChI is InChI=1S/C12H21N3O4/c1-8(7-16)14(4)9(17)5-6-15-10(18)12(2,3)13-11(15)19/h8,16H,5-7H2,1-4H3,(H,13,19). The van der Waals surface area contributed by atoms with Crippen LogP contribution in [0.3, 0.4) is 0 Å². The van der Waals surface area contributed by atoms with Gasteiger partial charge in [0.2, 0.25) is 5.91 Å². The summed E-state index contributed by atoms with van der Waals surface area (Å²) in [6.07, 6.45) is 0.0517. The van der Waals surface area contributed by atoms with Gasteiger partial charge in [-0.25, -0.2) is 4.79 Å². The van der Waals surface area contributed by atoms with E-state index in [-0.39, 0.29) is 37.4 Å². The van der Waals surface area contributed by atoms with Crippen molar-refractivity contribution >= 4 is 17.8 Å². The fourth-order valence-corrected chi connectivity index (χ4v) is 1.77. The van der Waals surface area contributed by atoms with Crippen LogP contribution in [0, 0.1) is 0 Å². The first-order valence-electron chi connectivity index (χ1n) is 6.21. The van der Waals surface area contributed by atoms with Gasteiger partial charge in [-0.3, -0.25) is 14.5 Å². The molecule has 108 valence electrons. The second kappa shape index (κ2) is 5.56. The monoisotopic (exact) mass is 271 g/mol. The van der Waals surface area contributed by atoms with Crippen molar-refractivity contribution in [2.45, 2.75) is 38.8 Å². The van der Waals surface area contributed by atoms with E-state index < -0.39 is 11.6 Å². The van der Waals surface area contributed by atoms with Crippen molar-refractivity contribution in [2.75, 3.05) is 20.2 Å². The summed E-state index contributed by atoms with van der Waals surface area (Å²) >= 11 is 0. The van der Waals surface area contributed by atoms with E-state index in [1.54, 1.807) is 27.8 Å². The third kappa shape index (κ3) is 3.23. The average Bonchev–Trinajstić information content (AvgIpc) is 2.54. The zero-order chi connectivity index (χ0) is 14.8. The molecule has 1 saturated heterocycles. The Morgan fingerprint density at radius 1 is 1.47 bits per heavy atom. The molecule has 1 aliphatic rings. The minimum absolute atomic E-state index is 0.0510. The number of nitrogens with one attached hydrogen (secondary N) is 1. The van der Waals surface area contributed by atoms with Crippen LogP contribution in [-0.4, -0.2) is 64.5 Å². The lowest BCUT2D eigenvalue weighted by atomic mass is 10.1. The molecule has 0 aliphatic carbocycles. The van der Waals surface area contributed by atoms with Crippen molar-refractivity contribution < 1.29 is 19.5 Å². The largest absolute Gasteiger partial charge is 0.394 e. The number of aliphatic hydroxyl groups is 1. The molecule has 1 heterocycles. The number of urea groups is 1. The number of imide groups is 1. The molecule has 19 heavy (non-hydrogen) atoms. The summed E-state index contributed by atoms with van der Waals surface area (Å²) in [7, 11) is 1.58. The van der Waals surface area contributed by atoms with Crippen molar-refractivity contribution in [1.82, 2.24) is 15.1 Å². The molecule has 1 aliphatic heterocycles. The van der Waals surface area contributed by atoms with Crippen LogP contribution in [0.4, 0.5) is 4.79 Å². The van der Waals surface area contributed by atoms with E-state index in [1.165, 1.54) is 4.90 Å². The van der Waals surface area contributed by atoms with Crippen LogP contribution in [0.5, 0.6) is 0 Å². The molecule has 1 rings (SSSR count). The zero-order valence-corrected chi connectivity index (χ0v) is 11.8. The maximum absolute atomic E-state index is 11.9. The molecule has 0 radical (unpaired) electrons. The van der Waals surface area contributed by atoms with E-state index in [2.05, 4.69) is 5.32 Å². The summed E-state index contributed by atoms with van der Waals surface area (Å²) in [6.45, 7) is 4.88. The lowest BCUT2D eigenvalue weighted by Crippen LogP contribution is -2.42. The summed E-state index contributed by atoms with van der Waals surface area (Å²) in [4.78, 5) is 37.8. The van der Waals surface area contributed by atoms with Gasteiger partial charge in [0.1, 0.15) is 5.54 Å². The van der Waals surface area contributed by atoms with Crippen LogP contribution in [0.15, 0.2) is 0 Å². The highest BCUT2D eigenvalue weighted by Gasteiger charge is 2.44. The Balaban J connectivity index is 2.56. The fourth-order valence-electron chi connectivity index (χ4n) is 1.77. The van der Waals surface area contributed by atoms with Crippen LogP contribution >= 0.6 is 0 Å². The molecule has 7 heteroatoms. The van der Waals surface area contributed by atoms with E-state index >= 15 is 0 Å². The van der Waals surface area contributed by atoms with Gasteiger partial charge in [-0.15, -0.1) is 0 Å². The third-order valence-electron chi connectivity index (χ3n) is 3.31. The first-order chi connectivity index (χ1) is 8.70. The van der Waals surface area contributed by atoms with Crippen LogP contribution in [0.25, 0.3) is 0 Å². The molecular weight excluding hydrogens is 250 g/mol. The molecule has 4 amide bonds. The fraction of sp³-hybridized carbons (Fsp3) is 0.750. The Kier molecular flexibility index (Phi) is 4.52. The van der Waals surface area contributed by atoms with Gasteiger partial charge in [0.05, 0.1) is 12.6 Å². The lowest BCUT2D eigenvalue weighted by molar-refractivity contribution is -0.134. The normalized spacial score (nSPS) is 19.3. The Morgan fingerprint density at radius 2 is 2.05 bits per heavy atom. The molecule has 0 saturated carbocycles. The Labute approximate surface area is 112 Å².